The Morgan fingerprint density at radius 1 is 0.938 bits per heavy atom. The van der Waals surface area contributed by atoms with Gasteiger partial charge in [-0.2, -0.15) is 0 Å². The van der Waals surface area contributed by atoms with E-state index in [4.69, 9.17) is 10.8 Å². The van der Waals surface area contributed by atoms with E-state index in [0.29, 0.717) is 24.6 Å². The van der Waals surface area contributed by atoms with Crippen molar-refractivity contribution in [2.45, 2.75) is 37.8 Å². The Kier molecular flexibility index (Phi) is 10.3. The van der Waals surface area contributed by atoms with Crippen molar-refractivity contribution in [1.82, 2.24) is 5.32 Å². The van der Waals surface area contributed by atoms with Crippen LogP contribution in [0.3, 0.4) is 0 Å². The number of β-lactam (4-membered cyclic amide) rings is 1. The molecule has 4 N–H and O–H groups in total. The number of carbonyl (C=O) groups excluding carboxylic acids is 1. The van der Waals surface area contributed by atoms with Gasteiger partial charge in [0.1, 0.15) is 11.6 Å². The topological polar surface area (TPSA) is 92.4 Å². The number of carboxylic acid groups (broad SMARTS) is 1. The molecule has 2 aromatic carbocycles. The summed E-state index contributed by atoms with van der Waals surface area (Å²) < 4.78 is 76.9. The van der Waals surface area contributed by atoms with Crippen LogP contribution in [0, 0.1) is 34.9 Å². The molecule has 1 fully saturated rings. The molecule has 1 amide bonds. The first kappa shape index (κ1) is 27.5. The average Bonchev–Trinajstić information content (AvgIpc) is 2.62. The summed E-state index contributed by atoms with van der Waals surface area (Å²) in [5.74, 6) is -7.69. The molecular weight excluding hydrogens is 481 g/mol. The maximum atomic E-state index is 13.1. The molecule has 32 heavy (non-hydrogen) atoms. The zero-order chi connectivity index (χ0) is 23.3. The molecule has 3 rings (SSSR count). The third-order valence-electron chi connectivity index (χ3n) is 4.36. The van der Waals surface area contributed by atoms with Gasteiger partial charge >= 0.3 is 5.97 Å². The monoisotopic (exact) mass is 499 g/mol. The number of nitrogens with two attached hydrogens (primary N) is 1. The van der Waals surface area contributed by atoms with Crippen LogP contribution in [0.1, 0.15) is 24.0 Å². The second kappa shape index (κ2) is 11.9. The molecule has 0 aromatic heterocycles. The van der Waals surface area contributed by atoms with E-state index in [9.17, 15) is 35.9 Å². The number of carboxylic acids is 1. The summed E-state index contributed by atoms with van der Waals surface area (Å²) in [5.41, 5.74) is 5.35. The molecule has 0 saturated carbocycles. The molecule has 1 aliphatic heterocycles. The first-order chi connectivity index (χ1) is 14.5. The van der Waals surface area contributed by atoms with Gasteiger partial charge in [0, 0.05) is 49.2 Å². The molecule has 5 nitrogen and oxygen atoms in total. The van der Waals surface area contributed by atoms with Gasteiger partial charge in [0.25, 0.3) is 0 Å². The van der Waals surface area contributed by atoms with Crippen molar-refractivity contribution in [3.63, 3.8) is 0 Å². The summed E-state index contributed by atoms with van der Waals surface area (Å²) in [6, 6.07) is 1.44. The molecule has 1 radical (unpaired) electrons. The molecule has 1 heterocycles. The summed E-state index contributed by atoms with van der Waals surface area (Å²) in [7, 11) is 0. The number of benzene rings is 2. The van der Waals surface area contributed by atoms with E-state index < -0.39 is 46.9 Å². The van der Waals surface area contributed by atoms with Gasteiger partial charge in [-0.25, -0.2) is 26.3 Å². The minimum absolute atomic E-state index is 0. The first-order valence-electron chi connectivity index (χ1n) is 8.99. The van der Waals surface area contributed by atoms with Crippen molar-refractivity contribution in [3.05, 3.63) is 70.3 Å². The van der Waals surface area contributed by atoms with Crippen LogP contribution >= 0.6 is 0 Å². The molecule has 0 aliphatic carbocycles. The Bertz CT molecular complexity index is 984. The van der Waals surface area contributed by atoms with E-state index >= 15 is 0 Å². The first-order valence-corrected chi connectivity index (χ1v) is 8.99. The normalized spacial score (nSPS) is 15.5. The van der Waals surface area contributed by atoms with Gasteiger partial charge in [0.15, 0.2) is 23.3 Å². The van der Waals surface area contributed by atoms with E-state index in [1.165, 1.54) is 0 Å². The van der Waals surface area contributed by atoms with Gasteiger partial charge in [-0.15, -0.1) is 0 Å². The van der Waals surface area contributed by atoms with Crippen molar-refractivity contribution < 1.29 is 59.6 Å². The van der Waals surface area contributed by atoms with Crippen LogP contribution in [0.25, 0.3) is 0 Å². The summed E-state index contributed by atoms with van der Waals surface area (Å²) in [5, 5.41) is 11.0. The number of amides is 1. The Morgan fingerprint density at radius 3 is 1.84 bits per heavy atom. The second-order valence-electron chi connectivity index (χ2n) is 6.95. The number of rotatable bonds is 6. The fourth-order valence-electron chi connectivity index (χ4n) is 2.84. The molecule has 1 aliphatic rings. The number of carbonyl (C=O) groups is 2. The maximum absolute atomic E-state index is 13.1. The Labute approximate surface area is 190 Å². The fraction of sp³-hybridized carbons (Fsp3) is 0.300. The smallest absolute Gasteiger partial charge is 0.304 e. The molecule has 12 heteroatoms. The van der Waals surface area contributed by atoms with Gasteiger partial charge in [0.2, 0.25) is 5.91 Å². The van der Waals surface area contributed by atoms with E-state index in [1.807, 2.05) is 0 Å². The quantitative estimate of drug-likeness (QED) is 0.324. The zero-order valence-electron chi connectivity index (χ0n) is 16.3. The molecule has 2 atom stereocenters. The van der Waals surface area contributed by atoms with Gasteiger partial charge in [0.05, 0.1) is 6.42 Å². The molecular formula is C20H18F6N2O3V. The standard InChI is InChI=1S/C10H10F3NO2.C10H8F3NO.V/c11-7-4-9(13)8(12)2-5(7)1-6(14)3-10(15)16;11-7-4-9(13)8(12)2-5(7)1-6-3-10(15)14-6;/h2,4,6H,1,3,14H2,(H,15,16);2,4,6H,1,3H2,(H,14,15);/t2*6-;/m10./s1. The van der Waals surface area contributed by atoms with Crippen LogP contribution in [0.2, 0.25) is 0 Å². The summed E-state index contributed by atoms with van der Waals surface area (Å²) >= 11 is 0. The van der Waals surface area contributed by atoms with Crippen molar-refractivity contribution in [1.29, 1.82) is 0 Å². The van der Waals surface area contributed by atoms with Crippen LogP contribution in [0.15, 0.2) is 24.3 Å². The number of nitrogens with one attached hydrogen (secondary N) is 1. The second-order valence-corrected chi connectivity index (χ2v) is 6.95. The van der Waals surface area contributed by atoms with Crippen molar-refractivity contribution >= 4 is 11.9 Å². The van der Waals surface area contributed by atoms with Gasteiger partial charge in [-0.1, -0.05) is 0 Å². The SMILES string of the molecule is N[C@@H](CC(=O)O)Cc1cc(F)c(F)cc1F.O=C1C[C@H](Cc2cc(F)c(F)cc2F)N1.[V]. The van der Waals surface area contributed by atoms with Gasteiger partial charge < -0.3 is 16.2 Å². The third kappa shape index (κ3) is 7.88. The number of hydrogen-bond acceptors (Lipinski definition) is 3. The van der Waals surface area contributed by atoms with Gasteiger partial charge in [-0.05, 0) is 36.1 Å². The minimum atomic E-state index is -1.28. The number of hydrogen-bond donors (Lipinski definition) is 3. The molecule has 2 aromatic rings. The maximum Gasteiger partial charge on any atom is 0.304 e. The van der Waals surface area contributed by atoms with E-state index in [0.717, 1.165) is 6.07 Å². The third-order valence-corrected chi connectivity index (χ3v) is 4.36. The summed E-state index contributed by atoms with van der Waals surface area (Å²) in [6.07, 6.45) is -0.0268. The average molecular weight is 499 g/mol. The minimum Gasteiger partial charge on any atom is -0.481 e. The molecule has 0 unspecified atom stereocenters. The molecule has 173 valence electrons. The zero-order valence-corrected chi connectivity index (χ0v) is 17.7. The van der Waals surface area contributed by atoms with Crippen LogP contribution in [0.4, 0.5) is 26.3 Å². The van der Waals surface area contributed by atoms with E-state index in [-0.39, 0.29) is 60.9 Å². The fourth-order valence-corrected chi connectivity index (χ4v) is 2.84. The van der Waals surface area contributed by atoms with E-state index in [1.54, 1.807) is 0 Å². The van der Waals surface area contributed by atoms with Crippen molar-refractivity contribution in [3.8, 4) is 0 Å². The number of aliphatic carboxylic acids is 1. The summed E-state index contributed by atoms with van der Waals surface area (Å²) in [4.78, 5) is 20.9. The van der Waals surface area contributed by atoms with Gasteiger partial charge in [-0.3, -0.25) is 9.59 Å². The molecule has 0 spiro atoms. The van der Waals surface area contributed by atoms with Crippen LogP contribution < -0.4 is 11.1 Å². The molecule has 1 saturated heterocycles. The Morgan fingerprint density at radius 2 is 1.38 bits per heavy atom. The Balaban J connectivity index is 0.000000311. The van der Waals surface area contributed by atoms with Crippen LogP contribution in [-0.4, -0.2) is 29.1 Å². The number of halogens is 6. The predicted octanol–water partition coefficient (Wildman–Crippen LogP) is 2.98. The van der Waals surface area contributed by atoms with E-state index in [2.05, 4.69) is 5.32 Å². The van der Waals surface area contributed by atoms with Crippen LogP contribution in [-0.2, 0) is 41.0 Å². The molecule has 0 bridgehead atoms. The van der Waals surface area contributed by atoms with Crippen LogP contribution in [0.5, 0.6) is 0 Å². The summed E-state index contributed by atoms with van der Waals surface area (Å²) in [6.45, 7) is 0. The van der Waals surface area contributed by atoms with Crippen molar-refractivity contribution in [2.75, 3.05) is 0 Å². The largest absolute Gasteiger partial charge is 0.481 e. The predicted molar refractivity (Wildman–Crippen MR) is 96.8 cm³/mol. The Hall–Kier alpha value is -2.50. The van der Waals surface area contributed by atoms with Crippen molar-refractivity contribution in [2.24, 2.45) is 5.73 Å².